The summed E-state index contributed by atoms with van der Waals surface area (Å²) in [6, 6.07) is 5.41. The maximum absolute atomic E-state index is 8.25. The van der Waals surface area contributed by atoms with E-state index in [2.05, 4.69) is 4.98 Å². The Bertz CT molecular complexity index is 266. The van der Waals surface area contributed by atoms with Crippen LogP contribution in [0.4, 0.5) is 0 Å². The first kappa shape index (κ1) is 10.6. The fourth-order valence-electron chi connectivity index (χ4n) is 0.869. The monoisotopic (exact) mass is 192 g/mol. The summed E-state index contributed by atoms with van der Waals surface area (Å²) in [5.41, 5.74) is 0.604. The highest BCUT2D eigenvalue weighted by Gasteiger charge is 1.94. The molecule has 1 aromatic heterocycles. The Balaban J connectivity index is 0.000000146. The lowest BCUT2D eigenvalue weighted by atomic mass is 10.3. The minimum absolute atomic E-state index is 0.604. The molecule has 0 unspecified atom stereocenters. The molecule has 1 aromatic rings. The maximum atomic E-state index is 8.25. The third kappa shape index (κ3) is 4.55. The number of nitrogens with zero attached hydrogens (tertiary/aromatic N) is 2. The average molecular weight is 192 g/mol. The fraction of sp³-hybridized carbons (Fsp3) is 0.400. The standard InChI is InChI=1S/C6H4N2.C4H8O2/c7-4-6-2-1-3-8-5-6;1-2-6-4-3-5-1/h1-3,5H;1-4H2. The van der Waals surface area contributed by atoms with Gasteiger partial charge in [0.2, 0.25) is 0 Å². The summed E-state index contributed by atoms with van der Waals surface area (Å²) in [5.74, 6) is 0. The Morgan fingerprint density at radius 2 is 1.86 bits per heavy atom. The van der Waals surface area contributed by atoms with Gasteiger partial charge in [-0.25, -0.2) is 0 Å². The van der Waals surface area contributed by atoms with Gasteiger partial charge in [-0.05, 0) is 12.1 Å². The number of aromatic nitrogens is 1. The highest BCUT2D eigenvalue weighted by Crippen LogP contribution is 1.89. The number of hydrogen-bond acceptors (Lipinski definition) is 4. The molecule has 0 bridgehead atoms. The van der Waals surface area contributed by atoms with Gasteiger partial charge >= 0.3 is 0 Å². The number of hydrogen-bond donors (Lipinski definition) is 0. The highest BCUT2D eigenvalue weighted by molar-refractivity contribution is 5.23. The van der Waals surface area contributed by atoms with Crippen LogP contribution in [0.15, 0.2) is 24.5 Å². The summed E-state index contributed by atoms with van der Waals surface area (Å²) in [6.45, 7) is 3.11. The Morgan fingerprint density at radius 1 is 1.21 bits per heavy atom. The highest BCUT2D eigenvalue weighted by atomic mass is 16.6. The van der Waals surface area contributed by atoms with E-state index >= 15 is 0 Å². The van der Waals surface area contributed by atoms with Gasteiger partial charge < -0.3 is 9.47 Å². The largest absolute Gasteiger partial charge is 0.377 e. The number of pyridine rings is 1. The molecule has 0 saturated carbocycles. The molecule has 2 heterocycles. The number of ether oxygens (including phenoxy) is 2. The minimum atomic E-state index is 0.604. The van der Waals surface area contributed by atoms with Gasteiger partial charge in [0, 0.05) is 12.4 Å². The van der Waals surface area contributed by atoms with Crippen LogP contribution < -0.4 is 0 Å². The van der Waals surface area contributed by atoms with Gasteiger partial charge in [-0.2, -0.15) is 5.26 Å². The second-order valence-corrected chi connectivity index (χ2v) is 2.58. The lowest BCUT2D eigenvalue weighted by molar-refractivity contribution is -0.0334. The quantitative estimate of drug-likeness (QED) is 0.615. The van der Waals surface area contributed by atoms with Crippen molar-refractivity contribution in [2.24, 2.45) is 0 Å². The van der Waals surface area contributed by atoms with Crippen LogP contribution >= 0.6 is 0 Å². The molecule has 0 aliphatic carbocycles. The van der Waals surface area contributed by atoms with Crippen molar-refractivity contribution in [3.8, 4) is 6.07 Å². The van der Waals surface area contributed by atoms with Crippen LogP contribution in [0.25, 0.3) is 0 Å². The van der Waals surface area contributed by atoms with Crippen LogP contribution in [0.2, 0.25) is 0 Å². The van der Waals surface area contributed by atoms with E-state index < -0.39 is 0 Å². The molecule has 2 rings (SSSR count). The molecule has 4 heteroatoms. The van der Waals surface area contributed by atoms with E-state index in [9.17, 15) is 0 Å². The van der Waals surface area contributed by atoms with Gasteiger partial charge in [-0.3, -0.25) is 4.98 Å². The predicted molar refractivity (Wildman–Crippen MR) is 50.6 cm³/mol. The van der Waals surface area contributed by atoms with Gasteiger partial charge in [0.25, 0.3) is 0 Å². The van der Waals surface area contributed by atoms with Crippen molar-refractivity contribution in [2.45, 2.75) is 0 Å². The van der Waals surface area contributed by atoms with Crippen molar-refractivity contribution < 1.29 is 9.47 Å². The van der Waals surface area contributed by atoms with E-state index in [1.807, 2.05) is 6.07 Å². The van der Waals surface area contributed by atoms with Crippen LogP contribution in [0.3, 0.4) is 0 Å². The van der Waals surface area contributed by atoms with Crippen LogP contribution in [0.5, 0.6) is 0 Å². The Morgan fingerprint density at radius 3 is 2.14 bits per heavy atom. The van der Waals surface area contributed by atoms with E-state index in [0.717, 1.165) is 26.4 Å². The van der Waals surface area contributed by atoms with Gasteiger partial charge in [-0.15, -0.1) is 0 Å². The van der Waals surface area contributed by atoms with Gasteiger partial charge in [0.15, 0.2) is 0 Å². The van der Waals surface area contributed by atoms with E-state index in [0.29, 0.717) is 5.56 Å². The zero-order valence-corrected chi connectivity index (χ0v) is 7.85. The molecule has 14 heavy (non-hydrogen) atoms. The van der Waals surface area contributed by atoms with E-state index in [-0.39, 0.29) is 0 Å². The molecule has 1 aliphatic rings. The summed E-state index contributed by atoms with van der Waals surface area (Å²) in [4.78, 5) is 3.73. The lowest BCUT2D eigenvalue weighted by Crippen LogP contribution is -2.16. The molecule has 1 fully saturated rings. The van der Waals surface area contributed by atoms with Gasteiger partial charge in [0.1, 0.15) is 6.07 Å². The maximum Gasteiger partial charge on any atom is 0.101 e. The smallest absolute Gasteiger partial charge is 0.101 e. The fourth-order valence-corrected chi connectivity index (χ4v) is 0.869. The summed E-state index contributed by atoms with van der Waals surface area (Å²) in [5, 5.41) is 8.25. The number of nitriles is 1. The summed E-state index contributed by atoms with van der Waals surface area (Å²) in [7, 11) is 0. The third-order valence-corrected chi connectivity index (χ3v) is 1.53. The van der Waals surface area contributed by atoms with E-state index in [4.69, 9.17) is 14.7 Å². The molecule has 1 aliphatic heterocycles. The molecule has 0 radical (unpaired) electrons. The normalized spacial score (nSPS) is 14.8. The molecule has 0 aromatic carbocycles. The van der Waals surface area contributed by atoms with Crippen LogP contribution in [-0.4, -0.2) is 31.4 Å². The van der Waals surface area contributed by atoms with Crippen LogP contribution in [0, 0.1) is 11.3 Å². The zero-order chi connectivity index (χ0) is 10.1. The molecule has 0 spiro atoms. The zero-order valence-electron chi connectivity index (χ0n) is 7.85. The van der Waals surface area contributed by atoms with E-state index in [1.165, 1.54) is 6.20 Å². The molecule has 0 amide bonds. The summed E-state index contributed by atoms with van der Waals surface area (Å²) < 4.78 is 9.89. The SMILES string of the molecule is C1COCCO1.N#Cc1cccnc1. The molecule has 74 valence electrons. The average Bonchev–Trinajstić information content (AvgIpc) is 2.33. The van der Waals surface area contributed by atoms with Crippen molar-refractivity contribution in [3.05, 3.63) is 30.1 Å². The third-order valence-electron chi connectivity index (χ3n) is 1.53. The molecule has 4 nitrogen and oxygen atoms in total. The topological polar surface area (TPSA) is 55.1 Å². The molecule has 1 saturated heterocycles. The molecule has 0 N–H and O–H groups in total. The predicted octanol–water partition coefficient (Wildman–Crippen LogP) is 0.986. The van der Waals surface area contributed by atoms with Crippen molar-refractivity contribution >= 4 is 0 Å². The van der Waals surface area contributed by atoms with E-state index in [1.54, 1.807) is 18.3 Å². The van der Waals surface area contributed by atoms with Crippen molar-refractivity contribution in [1.29, 1.82) is 5.26 Å². The summed E-state index contributed by atoms with van der Waals surface area (Å²) >= 11 is 0. The first-order chi connectivity index (χ1) is 6.93. The summed E-state index contributed by atoms with van der Waals surface area (Å²) in [6.07, 6.45) is 3.17. The number of rotatable bonds is 0. The Hall–Kier alpha value is -1.44. The second kappa shape index (κ2) is 7.01. The van der Waals surface area contributed by atoms with Gasteiger partial charge in [-0.1, -0.05) is 0 Å². The minimum Gasteiger partial charge on any atom is -0.377 e. The van der Waals surface area contributed by atoms with Crippen LogP contribution in [0.1, 0.15) is 5.56 Å². The second-order valence-electron chi connectivity index (χ2n) is 2.58. The lowest BCUT2D eigenvalue weighted by Gasteiger charge is -2.09. The molecular weight excluding hydrogens is 180 g/mol. The first-order valence-electron chi connectivity index (χ1n) is 4.39. The van der Waals surface area contributed by atoms with Crippen molar-refractivity contribution in [2.75, 3.05) is 26.4 Å². The van der Waals surface area contributed by atoms with Gasteiger partial charge in [0.05, 0.1) is 32.0 Å². The van der Waals surface area contributed by atoms with Crippen LogP contribution in [-0.2, 0) is 9.47 Å². The van der Waals surface area contributed by atoms with Crippen molar-refractivity contribution in [3.63, 3.8) is 0 Å². The Kier molecular flexibility index (Phi) is 5.33. The first-order valence-corrected chi connectivity index (χ1v) is 4.39. The molecular formula is C10H12N2O2. The van der Waals surface area contributed by atoms with Crippen molar-refractivity contribution in [1.82, 2.24) is 4.98 Å². The Labute approximate surface area is 83.1 Å². The molecule has 0 atom stereocenters.